The lowest BCUT2D eigenvalue weighted by Crippen LogP contribution is -2.11. The van der Waals surface area contributed by atoms with Gasteiger partial charge in [0.2, 0.25) is 0 Å². The average molecular weight is 365 g/mol. The van der Waals surface area contributed by atoms with E-state index in [9.17, 15) is 0 Å². The van der Waals surface area contributed by atoms with E-state index in [2.05, 4.69) is 15.9 Å². The normalized spacial score (nSPS) is 12.5. The quantitative estimate of drug-likeness (QED) is 0.752. The van der Waals surface area contributed by atoms with Gasteiger partial charge in [0.05, 0.1) is 16.1 Å². The molecule has 0 heterocycles. The van der Waals surface area contributed by atoms with Gasteiger partial charge in [0.15, 0.2) is 0 Å². The first kappa shape index (κ1) is 14.2. The molecule has 2 rings (SSSR count). The molecule has 0 bridgehead atoms. The largest absolute Gasteiger partial charge is 0.320 e. The second-order valence-corrected chi connectivity index (χ2v) is 6.02. The van der Waals surface area contributed by atoms with E-state index in [4.69, 9.17) is 40.5 Å². The average Bonchev–Trinajstić information content (AvgIpc) is 2.30. The maximum absolute atomic E-state index is 6.19. The summed E-state index contributed by atoms with van der Waals surface area (Å²) >= 11 is 21.3. The van der Waals surface area contributed by atoms with Gasteiger partial charge in [-0.15, -0.1) is 0 Å². The zero-order valence-electron chi connectivity index (χ0n) is 9.13. The Morgan fingerprint density at radius 1 is 0.889 bits per heavy atom. The molecule has 2 aromatic rings. The van der Waals surface area contributed by atoms with Crippen LogP contribution in [0.4, 0.5) is 0 Å². The Morgan fingerprint density at radius 3 is 2.22 bits per heavy atom. The molecule has 0 spiro atoms. The smallest absolute Gasteiger partial charge is 0.0595 e. The fourth-order valence-electron chi connectivity index (χ4n) is 1.65. The number of rotatable bonds is 2. The fourth-order valence-corrected chi connectivity index (χ4v) is 2.85. The summed E-state index contributed by atoms with van der Waals surface area (Å²) in [6, 6.07) is 10.6. The van der Waals surface area contributed by atoms with E-state index in [0.717, 1.165) is 15.6 Å². The van der Waals surface area contributed by atoms with E-state index >= 15 is 0 Å². The molecular formula is C13H9BrCl3N. The highest BCUT2D eigenvalue weighted by molar-refractivity contribution is 9.10. The first-order valence-corrected chi connectivity index (χ1v) is 7.06. The van der Waals surface area contributed by atoms with Crippen LogP contribution in [0.5, 0.6) is 0 Å². The molecule has 18 heavy (non-hydrogen) atoms. The van der Waals surface area contributed by atoms with Gasteiger partial charge in [-0.25, -0.2) is 0 Å². The third kappa shape index (κ3) is 3.19. The van der Waals surface area contributed by atoms with Crippen molar-refractivity contribution in [3.05, 3.63) is 67.1 Å². The third-order valence-electron chi connectivity index (χ3n) is 2.55. The molecule has 0 fully saturated rings. The zero-order valence-corrected chi connectivity index (χ0v) is 13.0. The molecule has 0 aromatic heterocycles. The lowest BCUT2D eigenvalue weighted by molar-refractivity contribution is 0.871. The van der Waals surface area contributed by atoms with Gasteiger partial charge in [-0.3, -0.25) is 0 Å². The molecule has 0 aliphatic carbocycles. The minimum absolute atomic E-state index is 0.297. The highest BCUT2D eigenvalue weighted by Gasteiger charge is 2.12. The number of benzene rings is 2. The Hall–Kier alpha value is -0.250. The fraction of sp³-hybridized carbons (Fsp3) is 0.0769. The van der Waals surface area contributed by atoms with E-state index < -0.39 is 0 Å². The van der Waals surface area contributed by atoms with Crippen LogP contribution in [-0.4, -0.2) is 0 Å². The van der Waals surface area contributed by atoms with E-state index in [1.807, 2.05) is 24.3 Å². The summed E-state index contributed by atoms with van der Waals surface area (Å²) in [4.78, 5) is 0. The second kappa shape index (κ2) is 5.81. The number of hydrogen-bond acceptors (Lipinski definition) is 1. The van der Waals surface area contributed by atoms with Crippen LogP contribution in [0.1, 0.15) is 17.2 Å². The van der Waals surface area contributed by atoms with Crippen molar-refractivity contribution >= 4 is 50.7 Å². The molecule has 1 atom stereocenters. The van der Waals surface area contributed by atoms with E-state index in [1.165, 1.54) is 0 Å². The summed E-state index contributed by atoms with van der Waals surface area (Å²) in [5.74, 6) is 0. The van der Waals surface area contributed by atoms with E-state index in [-0.39, 0.29) is 6.04 Å². The highest BCUT2D eigenvalue weighted by Crippen LogP contribution is 2.30. The Labute approximate surface area is 129 Å². The Balaban J connectivity index is 2.40. The van der Waals surface area contributed by atoms with Crippen molar-refractivity contribution < 1.29 is 0 Å². The van der Waals surface area contributed by atoms with Gasteiger partial charge in [0.25, 0.3) is 0 Å². The Kier molecular flexibility index (Phi) is 4.57. The second-order valence-electron chi connectivity index (χ2n) is 3.85. The van der Waals surface area contributed by atoms with Crippen LogP contribution in [-0.2, 0) is 0 Å². The van der Waals surface area contributed by atoms with Crippen molar-refractivity contribution in [1.29, 1.82) is 0 Å². The summed E-state index contributed by atoms with van der Waals surface area (Å²) in [6.07, 6.45) is 0. The van der Waals surface area contributed by atoms with Crippen LogP contribution in [0.15, 0.2) is 40.9 Å². The van der Waals surface area contributed by atoms with Gasteiger partial charge in [0.1, 0.15) is 0 Å². The van der Waals surface area contributed by atoms with Crippen molar-refractivity contribution in [2.45, 2.75) is 6.04 Å². The van der Waals surface area contributed by atoms with Gasteiger partial charge in [0, 0.05) is 9.50 Å². The number of hydrogen-bond donors (Lipinski definition) is 1. The van der Waals surface area contributed by atoms with E-state index in [1.54, 1.807) is 12.1 Å². The first-order valence-electron chi connectivity index (χ1n) is 5.14. The SMILES string of the molecule is NC(c1cc(Cl)cc(Br)c1)c1ccc(Cl)c(Cl)c1. The Bertz CT molecular complexity index is 566. The molecule has 0 saturated heterocycles. The minimum atomic E-state index is -0.297. The molecule has 0 saturated carbocycles. The molecule has 0 amide bonds. The molecule has 0 aliphatic heterocycles. The van der Waals surface area contributed by atoms with Crippen LogP contribution in [0.2, 0.25) is 15.1 Å². The summed E-state index contributed by atoms with van der Waals surface area (Å²) in [7, 11) is 0. The Morgan fingerprint density at radius 2 is 1.61 bits per heavy atom. The molecule has 5 heteroatoms. The number of halogens is 4. The zero-order chi connectivity index (χ0) is 13.3. The van der Waals surface area contributed by atoms with Gasteiger partial charge in [-0.1, -0.05) is 56.8 Å². The first-order chi connectivity index (χ1) is 8.47. The number of nitrogens with two attached hydrogens (primary N) is 1. The minimum Gasteiger partial charge on any atom is -0.320 e. The lowest BCUT2D eigenvalue weighted by Gasteiger charge is -2.14. The maximum atomic E-state index is 6.19. The van der Waals surface area contributed by atoms with Crippen molar-refractivity contribution in [2.24, 2.45) is 5.73 Å². The van der Waals surface area contributed by atoms with Crippen molar-refractivity contribution in [1.82, 2.24) is 0 Å². The van der Waals surface area contributed by atoms with Gasteiger partial charge in [-0.2, -0.15) is 0 Å². The van der Waals surface area contributed by atoms with Crippen LogP contribution in [0.3, 0.4) is 0 Å². The van der Waals surface area contributed by atoms with E-state index in [0.29, 0.717) is 15.1 Å². The van der Waals surface area contributed by atoms with Crippen molar-refractivity contribution in [2.75, 3.05) is 0 Å². The molecule has 1 unspecified atom stereocenters. The molecule has 2 aromatic carbocycles. The topological polar surface area (TPSA) is 26.0 Å². The van der Waals surface area contributed by atoms with Gasteiger partial charge >= 0.3 is 0 Å². The standard InChI is InChI=1S/C13H9BrCl3N/c14-9-3-8(4-10(15)6-9)13(18)7-1-2-11(16)12(17)5-7/h1-6,13H,18H2. The van der Waals surface area contributed by atoms with Crippen molar-refractivity contribution in [3.63, 3.8) is 0 Å². The van der Waals surface area contributed by atoms with Crippen LogP contribution >= 0.6 is 50.7 Å². The molecule has 1 nitrogen and oxygen atoms in total. The highest BCUT2D eigenvalue weighted by atomic mass is 79.9. The van der Waals surface area contributed by atoms with Gasteiger partial charge < -0.3 is 5.73 Å². The van der Waals surface area contributed by atoms with Crippen LogP contribution in [0, 0.1) is 0 Å². The third-order valence-corrected chi connectivity index (χ3v) is 3.96. The van der Waals surface area contributed by atoms with Crippen LogP contribution in [0.25, 0.3) is 0 Å². The molecule has 0 radical (unpaired) electrons. The maximum Gasteiger partial charge on any atom is 0.0595 e. The summed E-state index contributed by atoms with van der Waals surface area (Å²) < 4.78 is 0.889. The molecular weight excluding hydrogens is 356 g/mol. The predicted octanol–water partition coefficient (Wildman–Crippen LogP) is 5.46. The summed E-state index contributed by atoms with van der Waals surface area (Å²) in [5, 5.41) is 1.64. The predicted molar refractivity (Wildman–Crippen MR) is 81.6 cm³/mol. The monoisotopic (exact) mass is 363 g/mol. The molecule has 0 aliphatic rings. The molecule has 94 valence electrons. The van der Waals surface area contributed by atoms with Crippen molar-refractivity contribution in [3.8, 4) is 0 Å². The summed E-state index contributed by atoms with van der Waals surface area (Å²) in [6.45, 7) is 0. The van der Waals surface area contributed by atoms with Gasteiger partial charge in [-0.05, 0) is 41.5 Å². The molecule has 2 N–H and O–H groups in total. The van der Waals surface area contributed by atoms with Crippen LogP contribution < -0.4 is 5.73 Å². The summed E-state index contributed by atoms with van der Waals surface area (Å²) in [5.41, 5.74) is 7.99. The lowest BCUT2D eigenvalue weighted by atomic mass is 10.00.